The lowest BCUT2D eigenvalue weighted by Gasteiger charge is -2.15. The first kappa shape index (κ1) is 11.6. The van der Waals surface area contributed by atoms with Gasteiger partial charge in [-0.05, 0) is 38.0 Å². The van der Waals surface area contributed by atoms with Crippen LogP contribution >= 0.6 is 0 Å². The van der Waals surface area contributed by atoms with Gasteiger partial charge in [-0.15, -0.1) is 0 Å². The van der Waals surface area contributed by atoms with Crippen molar-refractivity contribution in [2.45, 2.75) is 26.3 Å². The molecule has 0 amide bonds. The minimum atomic E-state index is 0.405. The van der Waals surface area contributed by atoms with Crippen molar-refractivity contribution >= 4 is 5.69 Å². The van der Waals surface area contributed by atoms with Crippen LogP contribution in [0.3, 0.4) is 0 Å². The highest BCUT2D eigenvalue weighted by Gasteiger charge is 2.03. The quantitative estimate of drug-likeness (QED) is 0.864. The summed E-state index contributed by atoms with van der Waals surface area (Å²) in [5.41, 5.74) is 3.48. The van der Waals surface area contributed by atoms with Gasteiger partial charge in [-0.2, -0.15) is 0 Å². The lowest BCUT2D eigenvalue weighted by Crippen LogP contribution is -2.18. The van der Waals surface area contributed by atoms with E-state index in [-0.39, 0.29) is 0 Å². The summed E-state index contributed by atoms with van der Waals surface area (Å²) >= 11 is 0. The number of anilines is 1. The predicted octanol–water partition coefficient (Wildman–Crippen LogP) is 3.43. The van der Waals surface area contributed by atoms with Crippen LogP contribution in [-0.2, 0) is 6.42 Å². The number of pyridine rings is 1. The van der Waals surface area contributed by atoms with E-state index in [1.807, 2.05) is 25.3 Å². The molecule has 1 heterocycles. The molecule has 2 heteroatoms. The molecule has 0 radical (unpaired) electrons. The highest BCUT2D eigenvalue weighted by atomic mass is 14.9. The van der Waals surface area contributed by atoms with Crippen molar-refractivity contribution in [1.29, 1.82) is 0 Å². The summed E-state index contributed by atoms with van der Waals surface area (Å²) < 4.78 is 0. The Morgan fingerprint density at radius 3 is 2.53 bits per heavy atom. The van der Waals surface area contributed by atoms with Gasteiger partial charge in [-0.1, -0.05) is 30.3 Å². The van der Waals surface area contributed by atoms with E-state index in [4.69, 9.17) is 0 Å². The molecule has 0 fully saturated rings. The van der Waals surface area contributed by atoms with E-state index in [9.17, 15) is 0 Å². The molecule has 2 nitrogen and oxygen atoms in total. The van der Waals surface area contributed by atoms with Crippen LogP contribution in [0.15, 0.2) is 48.7 Å². The number of hydrogen-bond donors (Lipinski definition) is 1. The molecule has 0 bridgehead atoms. The highest BCUT2D eigenvalue weighted by Crippen LogP contribution is 2.10. The van der Waals surface area contributed by atoms with Crippen LogP contribution in [0.1, 0.15) is 18.2 Å². The van der Waals surface area contributed by atoms with Crippen LogP contribution in [-0.4, -0.2) is 11.0 Å². The Kier molecular flexibility index (Phi) is 3.76. The topological polar surface area (TPSA) is 24.9 Å². The van der Waals surface area contributed by atoms with E-state index in [2.05, 4.69) is 47.6 Å². The van der Waals surface area contributed by atoms with E-state index >= 15 is 0 Å². The zero-order valence-corrected chi connectivity index (χ0v) is 10.4. The summed E-state index contributed by atoms with van der Waals surface area (Å²) in [5, 5.41) is 3.46. The van der Waals surface area contributed by atoms with Crippen molar-refractivity contribution in [3.05, 3.63) is 59.9 Å². The van der Waals surface area contributed by atoms with Crippen molar-refractivity contribution in [2.75, 3.05) is 5.32 Å². The molecule has 1 unspecified atom stereocenters. The van der Waals surface area contributed by atoms with Crippen LogP contribution in [0, 0.1) is 6.92 Å². The lowest BCUT2D eigenvalue weighted by atomic mass is 10.1. The summed E-state index contributed by atoms with van der Waals surface area (Å²) in [4.78, 5) is 4.28. The van der Waals surface area contributed by atoms with Crippen LogP contribution in [0.25, 0.3) is 0 Å². The number of nitrogens with zero attached hydrogens (tertiary/aromatic N) is 1. The van der Waals surface area contributed by atoms with Crippen molar-refractivity contribution in [3.8, 4) is 0 Å². The zero-order valence-electron chi connectivity index (χ0n) is 10.4. The monoisotopic (exact) mass is 226 g/mol. The number of aromatic nitrogens is 1. The van der Waals surface area contributed by atoms with Gasteiger partial charge in [0.2, 0.25) is 0 Å². The highest BCUT2D eigenvalue weighted by molar-refractivity contribution is 5.42. The summed E-state index contributed by atoms with van der Waals surface area (Å²) in [6, 6.07) is 15.0. The molecule has 1 N–H and O–H groups in total. The summed E-state index contributed by atoms with van der Waals surface area (Å²) in [6.45, 7) is 4.18. The van der Waals surface area contributed by atoms with Crippen molar-refractivity contribution < 1.29 is 0 Å². The molecule has 0 aliphatic rings. The standard InChI is InChI=1S/C15H18N2/c1-12-8-9-15(11-16-12)17-13(2)10-14-6-4-3-5-7-14/h3-9,11,13,17H,10H2,1-2H3. The van der Waals surface area contributed by atoms with Crippen molar-refractivity contribution in [3.63, 3.8) is 0 Å². The summed E-state index contributed by atoms with van der Waals surface area (Å²) in [5.74, 6) is 0. The lowest BCUT2D eigenvalue weighted by molar-refractivity contribution is 0.789. The Bertz CT molecular complexity index is 448. The number of nitrogens with one attached hydrogen (secondary N) is 1. The van der Waals surface area contributed by atoms with Crippen LogP contribution in [0.4, 0.5) is 5.69 Å². The first-order chi connectivity index (χ1) is 8.24. The summed E-state index contributed by atoms with van der Waals surface area (Å²) in [7, 11) is 0. The van der Waals surface area contributed by atoms with Gasteiger partial charge in [0, 0.05) is 11.7 Å². The van der Waals surface area contributed by atoms with Gasteiger partial charge in [0.1, 0.15) is 0 Å². The fourth-order valence-corrected chi connectivity index (χ4v) is 1.86. The Labute approximate surface area is 103 Å². The second-order valence-corrected chi connectivity index (χ2v) is 4.42. The maximum absolute atomic E-state index is 4.28. The minimum absolute atomic E-state index is 0.405. The second kappa shape index (κ2) is 5.48. The third kappa shape index (κ3) is 3.59. The van der Waals surface area contributed by atoms with E-state index in [1.165, 1.54) is 5.56 Å². The van der Waals surface area contributed by atoms with Gasteiger partial charge in [-0.25, -0.2) is 0 Å². The maximum atomic E-state index is 4.28. The van der Waals surface area contributed by atoms with Gasteiger partial charge >= 0.3 is 0 Å². The van der Waals surface area contributed by atoms with E-state index < -0.39 is 0 Å². The molecular weight excluding hydrogens is 208 g/mol. The van der Waals surface area contributed by atoms with E-state index in [0.29, 0.717) is 6.04 Å². The Morgan fingerprint density at radius 1 is 1.12 bits per heavy atom. The van der Waals surface area contributed by atoms with E-state index in [1.54, 1.807) is 0 Å². The molecule has 0 saturated carbocycles. The molecule has 17 heavy (non-hydrogen) atoms. The molecule has 0 aliphatic heterocycles. The molecule has 2 aromatic rings. The van der Waals surface area contributed by atoms with Gasteiger partial charge in [0.15, 0.2) is 0 Å². The predicted molar refractivity (Wildman–Crippen MR) is 72.2 cm³/mol. The molecule has 0 saturated heterocycles. The van der Waals surface area contributed by atoms with Gasteiger partial charge in [-0.3, -0.25) is 4.98 Å². The maximum Gasteiger partial charge on any atom is 0.0529 e. The average molecular weight is 226 g/mol. The fourth-order valence-electron chi connectivity index (χ4n) is 1.86. The van der Waals surface area contributed by atoms with Gasteiger partial charge < -0.3 is 5.32 Å². The fraction of sp³-hybridized carbons (Fsp3) is 0.267. The normalized spacial score (nSPS) is 12.1. The SMILES string of the molecule is Cc1ccc(NC(C)Cc2ccccc2)cn1. The molecule has 1 aromatic heterocycles. The average Bonchev–Trinajstić information content (AvgIpc) is 2.33. The number of aryl methyl sites for hydroxylation is 1. The van der Waals surface area contributed by atoms with Crippen LogP contribution in [0.5, 0.6) is 0 Å². The third-order valence-corrected chi connectivity index (χ3v) is 2.71. The molecule has 2 rings (SSSR count). The molecule has 0 spiro atoms. The van der Waals surface area contributed by atoms with Crippen molar-refractivity contribution in [1.82, 2.24) is 4.98 Å². The minimum Gasteiger partial charge on any atom is -0.381 e. The molecular formula is C15H18N2. The Morgan fingerprint density at radius 2 is 1.88 bits per heavy atom. The summed E-state index contributed by atoms with van der Waals surface area (Å²) in [6.07, 6.45) is 2.91. The Balaban J connectivity index is 1.93. The Hall–Kier alpha value is -1.83. The third-order valence-electron chi connectivity index (χ3n) is 2.71. The zero-order chi connectivity index (χ0) is 12.1. The largest absolute Gasteiger partial charge is 0.381 e. The van der Waals surface area contributed by atoms with E-state index in [0.717, 1.165) is 17.8 Å². The number of hydrogen-bond acceptors (Lipinski definition) is 2. The molecule has 0 aliphatic carbocycles. The van der Waals surface area contributed by atoms with Crippen LogP contribution < -0.4 is 5.32 Å². The first-order valence-corrected chi connectivity index (χ1v) is 5.97. The first-order valence-electron chi connectivity index (χ1n) is 5.97. The number of benzene rings is 1. The molecule has 1 aromatic carbocycles. The van der Waals surface area contributed by atoms with Gasteiger partial charge in [0.05, 0.1) is 11.9 Å². The second-order valence-electron chi connectivity index (χ2n) is 4.42. The van der Waals surface area contributed by atoms with Gasteiger partial charge in [0.25, 0.3) is 0 Å². The van der Waals surface area contributed by atoms with Crippen LogP contribution in [0.2, 0.25) is 0 Å². The number of rotatable bonds is 4. The molecule has 88 valence electrons. The van der Waals surface area contributed by atoms with Crippen molar-refractivity contribution in [2.24, 2.45) is 0 Å². The molecule has 1 atom stereocenters. The smallest absolute Gasteiger partial charge is 0.0529 e.